The molecular formula is C14H22O2. The lowest BCUT2D eigenvalue weighted by atomic mass is 9.91. The smallest absolute Gasteiger partial charge is 0.0890 e. The van der Waals surface area contributed by atoms with Crippen molar-refractivity contribution in [1.82, 2.24) is 0 Å². The lowest BCUT2D eigenvalue weighted by molar-refractivity contribution is 0.0471. The van der Waals surface area contributed by atoms with Crippen LogP contribution in [0.3, 0.4) is 0 Å². The molecule has 0 amide bonds. The largest absolute Gasteiger partial charge is 0.387 e. The van der Waals surface area contributed by atoms with Gasteiger partial charge in [-0.25, -0.2) is 0 Å². The van der Waals surface area contributed by atoms with Gasteiger partial charge in [-0.05, 0) is 24.8 Å². The van der Waals surface area contributed by atoms with E-state index in [1.165, 1.54) is 0 Å². The van der Waals surface area contributed by atoms with Crippen LogP contribution in [0.2, 0.25) is 0 Å². The SMILES string of the molecule is C#CC(C)C(O)C1=CC1C(C)C(CC)OC. The molecule has 0 spiro atoms. The molecule has 1 rings (SSSR count). The summed E-state index contributed by atoms with van der Waals surface area (Å²) in [4.78, 5) is 0. The van der Waals surface area contributed by atoms with Crippen molar-refractivity contribution < 1.29 is 9.84 Å². The zero-order chi connectivity index (χ0) is 12.3. The normalized spacial score (nSPS) is 26.2. The predicted octanol–water partition coefficient (Wildman–Crippen LogP) is 2.23. The Balaban J connectivity index is 2.49. The maximum atomic E-state index is 9.95. The van der Waals surface area contributed by atoms with E-state index >= 15 is 0 Å². The second-order valence-electron chi connectivity index (χ2n) is 4.63. The molecule has 0 bridgehead atoms. The Labute approximate surface area is 98.7 Å². The van der Waals surface area contributed by atoms with Crippen molar-refractivity contribution in [2.75, 3.05) is 7.11 Å². The summed E-state index contributed by atoms with van der Waals surface area (Å²) in [6.07, 6.45) is 8.20. The zero-order valence-corrected chi connectivity index (χ0v) is 10.6. The number of aliphatic hydroxyl groups excluding tert-OH is 1. The predicted molar refractivity (Wildman–Crippen MR) is 65.8 cm³/mol. The Kier molecular flexibility index (Phi) is 4.58. The maximum Gasteiger partial charge on any atom is 0.0890 e. The van der Waals surface area contributed by atoms with Gasteiger partial charge in [-0.15, -0.1) is 12.3 Å². The second kappa shape index (κ2) is 5.52. The molecule has 0 radical (unpaired) electrons. The van der Waals surface area contributed by atoms with Crippen LogP contribution in [0.4, 0.5) is 0 Å². The molecule has 2 nitrogen and oxygen atoms in total. The van der Waals surface area contributed by atoms with E-state index in [2.05, 4.69) is 25.8 Å². The lowest BCUT2D eigenvalue weighted by Gasteiger charge is -2.23. The molecule has 2 heteroatoms. The third kappa shape index (κ3) is 2.66. The number of terminal acetylenes is 1. The number of hydrogen-bond donors (Lipinski definition) is 1. The fourth-order valence-electron chi connectivity index (χ4n) is 2.27. The van der Waals surface area contributed by atoms with Crippen LogP contribution in [0.1, 0.15) is 27.2 Å². The van der Waals surface area contributed by atoms with Gasteiger partial charge in [-0.3, -0.25) is 0 Å². The first-order chi connectivity index (χ1) is 7.56. The third-order valence-corrected chi connectivity index (χ3v) is 3.58. The summed E-state index contributed by atoms with van der Waals surface area (Å²) < 4.78 is 5.42. The van der Waals surface area contributed by atoms with Gasteiger partial charge in [0, 0.05) is 18.9 Å². The van der Waals surface area contributed by atoms with Crippen LogP contribution in [0.5, 0.6) is 0 Å². The van der Waals surface area contributed by atoms with E-state index in [1.54, 1.807) is 7.11 Å². The third-order valence-electron chi connectivity index (χ3n) is 3.58. The number of allylic oxidation sites excluding steroid dienone is 1. The highest BCUT2D eigenvalue weighted by Crippen LogP contribution is 2.42. The first-order valence-electron chi connectivity index (χ1n) is 5.95. The summed E-state index contributed by atoms with van der Waals surface area (Å²) >= 11 is 0. The monoisotopic (exact) mass is 222 g/mol. The van der Waals surface area contributed by atoms with Crippen molar-refractivity contribution in [3.05, 3.63) is 11.6 Å². The Morgan fingerprint density at radius 3 is 2.62 bits per heavy atom. The minimum Gasteiger partial charge on any atom is -0.387 e. The summed E-state index contributed by atoms with van der Waals surface area (Å²) in [5.41, 5.74) is 1.09. The zero-order valence-electron chi connectivity index (χ0n) is 10.6. The van der Waals surface area contributed by atoms with Gasteiger partial charge in [-0.1, -0.05) is 19.9 Å². The molecule has 1 N–H and O–H groups in total. The summed E-state index contributed by atoms with van der Waals surface area (Å²) in [5.74, 6) is 3.27. The van der Waals surface area contributed by atoms with Crippen molar-refractivity contribution in [3.63, 3.8) is 0 Å². The van der Waals surface area contributed by atoms with Crippen molar-refractivity contribution in [1.29, 1.82) is 0 Å². The van der Waals surface area contributed by atoms with Crippen molar-refractivity contribution in [2.45, 2.75) is 39.4 Å². The Morgan fingerprint density at radius 2 is 2.19 bits per heavy atom. The molecule has 0 aromatic rings. The summed E-state index contributed by atoms with van der Waals surface area (Å²) in [5, 5.41) is 9.95. The van der Waals surface area contributed by atoms with Crippen LogP contribution in [-0.4, -0.2) is 24.4 Å². The van der Waals surface area contributed by atoms with Gasteiger partial charge in [0.25, 0.3) is 0 Å². The first-order valence-corrected chi connectivity index (χ1v) is 5.95. The number of aliphatic hydroxyl groups is 1. The van der Waals surface area contributed by atoms with Crippen LogP contribution < -0.4 is 0 Å². The standard InChI is InChI=1S/C14H22O2/c1-6-9(3)14(15)12-8-11(12)10(4)13(7-2)16-5/h1,8-11,13-15H,7H2,2-5H3. The van der Waals surface area contributed by atoms with Crippen LogP contribution in [-0.2, 0) is 4.74 Å². The molecule has 1 aliphatic rings. The fraction of sp³-hybridized carbons (Fsp3) is 0.714. The molecule has 0 aromatic heterocycles. The van der Waals surface area contributed by atoms with Crippen LogP contribution >= 0.6 is 0 Å². The molecule has 0 saturated heterocycles. The number of ether oxygens (including phenoxy) is 1. The van der Waals surface area contributed by atoms with E-state index < -0.39 is 6.10 Å². The van der Waals surface area contributed by atoms with Crippen LogP contribution in [0.15, 0.2) is 11.6 Å². The van der Waals surface area contributed by atoms with Crippen LogP contribution in [0.25, 0.3) is 0 Å². The van der Waals surface area contributed by atoms with E-state index in [-0.39, 0.29) is 12.0 Å². The minimum absolute atomic E-state index is 0.105. The van der Waals surface area contributed by atoms with E-state index in [9.17, 15) is 5.11 Å². The lowest BCUT2D eigenvalue weighted by Crippen LogP contribution is -2.25. The van der Waals surface area contributed by atoms with Gasteiger partial charge in [0.15, 0.2) is 0 Å². The first kappa shape index (κ1) is 13.3. The topological polar surface area (TPSA) is 29.5 Å². The highest BCUT2D eigenvalue weighted by molar-refractivity contribution is 5.35. The van der Waals surface area contributed by atoms with Gasteiger partial charge in [0.05, 0.1) is 12.2 Å². The fourth-order valence-corrected chi connectivity index (χ4v) is 2.27. The average molecular weight is 222 g/mol. The molecule has 0 aromatic carbocycles. The molecule has 0 saturated carbocycles. The van der Waals surface area contributed by atoms with E-state index in [0.29, 0.717) is 11.8 Å². The molecule has 5 atom stereocenters. The van der Waals surface area contributed by atoms with E-state index in [4.69, 9.17) is 11.2 Å². The molecular weight excluding hydrogens is 200 g/mol. The molecule has 16 heavy (non-hydrogen) atoms. The molecule has 0 aliphatic heterocycles. The molecule has 0 fully saturated rings. The van der Waals surface area contributed by atoms with Gasteiger partial charge in [0.2, 0.25) is 0 Å². The summed E-state index contributed by atoms with van der Waals surface area (Å²) in [6, 6.07) is 0. The van der Waals surface area contributed by atoms with E-state index in [0.717, 1.165) is 12.0 Å². The molecule has 90 valence electrons. The minimum atomic E-state index is -0.480. The van der Waals surface area contributed by atoms with Crippen molar-refractivity contribution in [2.24, 2.45) is 17.8 Å². The summed E-state index contributed by atoms with van der Waals surface area (Å²) in [7, 11) is 1.74. The highest BCUT2D eigenvalue weighted by Gasteiger charge is 2.39. The number of methoxy groups -OCH3 is 1. The molecule has 0 heterocycles. The molecule has 5 unspecified atom stereocenters. The van der Waals surface area contributed by atoms with Gasteiger partial charge in [0.1, 0.15) is 0 Å². The van der Waals surface area contributed by atoms with Crippen molar-refractivity contribution in [3.8, 4) is 12.3 Å². The van der Waals surface area contributed by atoms with Gasteiger partial charge < -0.3 is 9.84 Å². The number of rotatable bonds is 6. The maximum absolute atomic E-state index is 9.95. The molecule has 1 aliphatic carbocycles. The highest BCUT2D eigenvalue weighted by atomic mass is 16.5. The van der Waals surface area contributed by atoms with Crippen molar-refractivity contribution >= 4 is 0 Å². The number of hydrogen-bond acceptors (Lipinski definition) is 2. The average Bonchev–Trinajstić information content (AvgIpc) is 3.08. The van der Waals surface area contributed by atoms with Crippen LogP contribution in [0, 0.1) is 30.1 Å². The summed E-state index contributed by atoms with van der Waals surface area (Å²) in [6.45, 7) is 6.16. The van der Waals surface area contributed by atoms with E-state index in [1.807, 2.05) is 6.92 Å². The quantitative estimate of drug-likeness (QED) is 0.551. The second-order valence-corrected chi connectivity index (χ2v) is 4.63. The van der Waals surface area contributed by atoms with Gasteiger partial charge >= 0.3 is 0 Å². The Hall–Kier alpha value is -0.780. The Morgan fingerprint density at radius 1 is 1.56 bits per heavy atom. The van der Waals surface area contributed by atoms with Gasteiger partial charge in [-0.2, -0.15) is 0 Å². The Bertz CT molecular complexity index is 296.